The number of nitrogens with zero attached hydrogens (tertiary/aromatic N) is 1. The molecule has 0 amide bonds. The zero-order valence-corrected chi connectivity index (χ0v) is 35.5. The molecule has 0 atom stereocenters. The number of hydrogen-bond acceptors (Lipinski definition) is 3. The summed E-state index contributed by atoms with van der Waals surface area (Å²) in [5, 5.41) is 4.58. The van der Waals surface area contributed by atoms with Crippen molar-refractivity contribution in [2.75, 3.05) is 4.90 Å². The van der Waals surface area contributed by atoms with Crippen LogP contribution in [-0.4, -0.2) is 0 Å². The van der Waals surface area contributed by atoms with Crippen molar-refractivity contribution < 1.29 is 9.15 Å². The van der Waals surface area contributed by atoms with Crippen LogP contribution in [0.5, 0.6) is 11.5 Å². The zero-order valence-electron chi connectivity index (χ0n) is 35.5. The second kappa shape index (κ2) is 13.9. The molecule has 1 aliphatic carbocycles. The van der Waals surface area contributed by atoms with Crippen LogP contribution in [0.25, 0.3) is 88.3 Å². The first-order valence-electron chi connectivity index (χ1n) is 22.1. The van der Waals surface area contributed by atoms with Gasteiger partial charge in [0.2, 0.25) is 0 Å². The fraction of sp³-hybridized carbons (Fsp3) is 0.0492. The van der Waals surface area contributed by atoms with Gasteiger partial charge in [0.25, 0.3) is 0 Å². The van der Waals surface area contributed by atoms with Crippen LogP contribution in [0.3, 0.4) is 0 Å². The van der Waals surface area contributed by atoms with Gasteiger partial charge in [-0.15, -0.1) is 0 Å². The zero-order chi connectivity index (χ0) is 42.5. The summed E-state index contributed by atoms with van der Waals surface area (Å²) < 4.78 is 13.6. The molecule has 0 N–H and O–H groups in total. The van der Waals surface area contributed by atoms with Crippen LogP contribution in [0.1, 0.15) is 25.0 Å². The number of ether oxygens (including phenoxy) is 1. The van der Waals surface area contributed by atoms with E-state index in [2.05, 4.69) is 219 Å². The first-order chi connectivity index (χ1) is 31.5. The topological polar surface area (TPSA) is 25.6 Å². The summed E-state index contributed by atoms with van der Waals surface area (Å²) >= 11 is 0. The SMILES string of the molecule is CC1(C)c2ccccc2-c2ccc(N(c3ccc(-c4cccc5c4oc4ccccc45)cc3)c3ccc4c(c3)Oc3cc5ccccc5cc3-c3ccc(-c5ccccc5)cc3-4)cc21. The maximum absolute atomic E-state index is 7.16. The third-order valence-electron chi connectivity index (χ3n) is 13.7. The molecule has 3 heteroatoms. The van der Waals surface area contributed by atoms with Gasteiger partial charge in [0, 0.05) is 56.0 Å². The van der Waals surface area contributed by atoms with Crippen LogP contribution in [0, 0.1) is 0 Å². The minimum Gasteiger partial charge on any atom is -0.456 e. The van der Waals surface area contributed by atoms with Crippen molar-refractivity contribution >= 4 is 49.8 Å². The molecule has 2 heterocycles. The Morgan fingerprint density at radius 3 is 1.84 bits per heavy atom. The maximum Gasteiger partial charge on any atom is 0.143 e. The number of fused-ring (bicyclic) bond motifs is 12. The highest BCUT2D eigenvalue weighted by molar-refractivity contribution is 6.09. The Morgan fingerprint density at radius 2 is 0.984 bits per heavy atom. The first kappa shape index (κ1) is 36.5. The van der Waals surface area contributed by atoms with Gasteiger partial charge in [0.05, 0.1) is 0 Å². The molecule has 10 aromatic carbocycles. The number of furan rings is 1. The first-order valence-corrected chi connectivity index (χ1v) is 22.1. The van der Waals surface area contributed by atoms with Gasteiger partial charge < -0.3 is 14.1 Å². The van der Waals surface area contributed by atoms with Gasteiger partial charge in [-0.3, -0.25) is 0 Å². The van der Waals surface area contributed by atoms with Crippen LogP contribution in [0.4, 0.5) is 17.1 Å². The molecule has 1 aromatic heterocycles. The highest BCUT2D eigenvalue weighted by Crippen LogP contribution is 2.53. The van der Waals surface area contributed by atoms with Gasteiger partial charge in [0.1, 0.15) is 22.7 Å². The summed E-state index contributed by atoms with van der Waals surface area (Å²) in [7, 11) is 0. The number of rotatable bonds is 5. The molecule has 13 rings (SSSR count). The van der Waals surface area contributed by atoms with Crippen molar-refractivity contribution in [2.24, 2.45) is 0 Å². The molecule has 302 valence electrons. The van der Waals surface area contributed by atoms with Gasteiger partial charge in [-0.2, -0.15) is 0 Å². The summed E-state index contributed by atoms with van der Waals surface area (Å²) in [5.41, 5.74) is 19.0. The van der Waals surface area contributed by atoms with E-state index >= 15 is 0 Å². The summed E-state index contributed by atoms with van der Waals surface area (Å²) in [6.45, 7) is 4.69. The smallest absolute Gasteiger partial charge is 0.143 e. The summed E-state index contributed by atoms with van der Waals surface area (Å²) in [5.74, 6) is 1.65. The van der Waals surface area contributed by atoms with E-state index in [1.54, 1.807) is 0 Å². The lowest BCUT2D eigenvalue weighted by Crippen LogP contribution is -2.16. The Bertz CT molecular complexity index is 3670. The quantitative estimate of drug-likeness (QED) is 0.173. The molecule has 11 aromatic rings. The lowest BCUT2D eigenvalue weighted by molar-refractivity contribution is 0.488. The van der Waals surface area contributed by atoms with Crippen LogP contribution in [0.15, 0.2) is 217 Å². The normalized spacial score (nSPS) is 13.1. The lowest BCUT2D eigenvalue weighted by atomic mass is 9.82. The van der Waals surface area contributed by atoms with Gasteiger partial charge in [0.15, 0.2) is 0 Å². The molecule has 0 radical (unpaired) electrons. The molecule has 0 unspecified atom stereocenters. The van der Waals surface area contributed by atoms with Gasteiger partial charge in [-0.25, -0.2) is 0 Å². The Kier molecular flexibility index (Phi) is 7.95. The summed E-state index contributed by atoms with van der Waals surface area (Å²) in [6.07, 6.45) is 0. The molecule has 1 aliphatic heterocycles. The molecule has 64 heavy (non-hydrogen) atoms. The molecule has 0 saturated heterocycles. The second-order valence-electron chi connectivity index (χ2n) is 17.7. The van der Waals surface area contributed by atoms with Gasteiger partial charge in [-0.05, 0) is 122 Å². The van der Waals surface area contributed by atoms with E-state index < -0.39 is 0 Å². The molecular formula is C61H41NO2. The fourth-order valence-corrected chi connectivity index (χ4v) is 10.4. The molecule has 0 bridgehead atoms. The Labute approximate surface area is 372 Å². The summed E-state index contributed by atoms with van der Waals surface area (Å²) in [4.78, 5) is 2.38. The van der Waals surface area contributed by atoms with E-state index in [0.29, 0.717) is 0 Å². The lowest BCUT2D eigenvalue weighted by Gasteiger charge is -2.29. The highest BCUT2D eigenvalue weighted by Gasteiger charge is 2.36. The van der Waals surface area contributed by atoms with Crippen molar-refractivity contribution in [1.82, 2.24) is 0 Å². The molecule has 0 fully saturated rings. The molecule has 2 aliphatic rings. The Hall–Kier alpha value is -8.14. The standard InChI is InChI=1S/C61H41NO2/c1-61(2)55-21-10-8-17-48(55)49-31-28-44(36-56(49)61)62(43-26-23-39(24-27-43)46-19-12-20-52-50-18-9-11-22-57(50)64-60(46)52)45-29-32-51-53-33-42(38-13-4-3-5-14-38)25-30-47(53)54-34-40-15-6-7-16-41(40)35-58(54)63-59(51)37-45/h3-37H,1-2H3. The average molecular weight is 820 g/mol. The van der Waals surface area contributed by atoms with E-state index in [1.165, 1.54) is 38.8 Å². The number of anilines is 3. The Morgan fingerprint density at radius 1 is 0.359 bits per heavy atom. The molecular weight excluding hydrogens is 779 g/mol. The van der Waals surface area contributed by atoms with E-state index in [-0.39, 0.29) is 5.41 Å². The van der Waals surface area contributed by atoms with Crippen LogP contribution in [0.2, 0.25) is 0 Å². The third-order valence-corrected chi connectivity index (χ3v) is 13.7. The minimum atomic E-state index is -0.160. The van der Waals surface area contributed by atoms with E-state index in [4.69, 9.17) is 9.15 Å². The molecule has 0 saturated carbocycles. The van der Waals surface area contributed by atoms with Crippen molar-refractivity contribution in [2.45, 2.75) is 19.3 Å². The minimum absolute atomic E-state index is 0.160. The molecule has 3 nitrogen and oxygen atoms in total. The van der Waals surface area contributed by atoms with E-state index in [9.17, 15) is 0 Å². The monoisotopic (exact) mass is 819 g/mol. The third kappa shape index (κ3) is 5.60. The van der Waals surface area contributed by atoms with Crippen molar-refractivity contribution in [3.63, 3.8) is 0 Å². The van der Waals surface area contributed by atoms with Crippen LogP contribution >= 0.6 is 0 Å². The van der Waals surface area contributed by atoms with Crippen molar-refractivity contribution in [3.8, 4) is 67.1 Å². The number of hydrogen-bond donors (Lipinski definition) is 0. The van der Waals surface area contributed by atoms with Crippen molar-refractivity contribution in [1.29, 1.82) is 0 Å². The van der Waals surface area contributed by atoms with Crippen LogP contribution < -0.4 is 9.64 Å². The number of para-hydroxylation sites is 2. The highest BCUT2D eigenvalue weighted by atomic mass is 16.5. The van der Waals surface area contributed by atoms with Gasteiger partial charge in [-0.1, -0.05) is 159 Å². The average Bonchev–Trinajstić information content (AvgIpc) is 3.79. The Balaban J connectivity index is 0.995. The fourth-order valence-electron chi connectivity index (χ4n) is 10.4. The van der Waals surface area contributed by atoms with E-state index in [0.717, 1.165) is 89.3 Å². The van der Waals surface area contributed by atoms with Gasteiger partial charge >= 0.3 is 0 Å². The second-order valence-corrected chi connectivity index (χ2v) is 17.7. The maximum atomic E-state index is 7.16. The largest absolute Gasteiger partial charge is 0.456 e. The van der Waals surface area contributed by atoms with Crippen LogP contribution in [-0.2, 0) is 5.41 Å². The predicted octanol–water partition coefficient (Wildman–Crippen LogP) is 17.3. The van der Waals surface area contributed by atoms with Crippen molar-refractivity contribution in [3.05, 3.63) is 223 Å². The number of benzene rings is 10. The van der Waals surface area contributed by atoms with E-state index in [1.807, 2.05) is 12.1 Å². The summed E-state index contributed by atoms with van der Waals surface area (Å²) in [6, 6.07) is 76.7. The molecule has 0 spiro atoms. The predicted molar refractivity (Wildman–Crippen MR) is 265 cm³/mol.